The van der Waals surface area contributed by atoms with Gasteiger partial charge >= 0.3 is 0 Å². The Morgan fingerprint density at radius 3 is 2.18 bits per heavy atom. The van der Waals surface area contributed by atoms with Gasteiger partial charge in [0.2, 0.25) is 0 Å². The van der Waals surface area contributed by atoms with Gasteiger partial charge in [0.15, 0.2) is 0 Å². The van der Waals surface area contributed by atoms with Gasteiger partial charge in [0.05, 0.1) is 0 Å². The van der Waals surface area contributed by atoms with Gasteiger partial charge in [0, 0.05) is 18.6 Å². The molecule has 0 aromatic heterocycles. The fourth-order valence-corrected chi connectivity index (χ4v) is 2.83. The summed E-state index contributed by atoms with van der Waals surface area (Å²) >= 11 is 0. The summed E-state index contributed by atoms with van der Waals surface area (Å²) in [6.07, 6.45) is 7.08. The average molecular weight is 240 g/mol. The number of hydrogen-bond acceptors (Lipinski definition) is 2. The van der Waals surface area contributed by atoms with Gasteiger partial charge in [0.1, 0.15) is 0 Å². The highest BCUT2D eigenvalue weighted by molar-refractivity contribution is 4.89. The van der Waals surface area contributed by atoms with Crippen LogP contribution in [-0.2, 0) is 0 Å². The molecular weight excluding hydrogens is 208 g/mol. The van der Waals surface area contributed by atoms with E-state index >= 15 is 0 Å². The molecule has 17 heavy (non-hydrogen) atoms. The van der Waals surface area contributed by atoms with Crippen molar-refractivity contribution in [3.8, 4) is 0 Å². The maximum atomic E-state index is 3.74. The third kappa shape index (κ3) is 5.39. The molecule has 0 heterocycles. The molecule has 102 valence electrons. The highest BCUT2D eigenvalue weighted by Gasteiger charge is 2.33. The molecule has 0 aliphatic heterocycles. The topological polar surface area (TPSA) is 15.3 Å². The van der Waals surface area contributed by atoms with Gasteiger partial charge in [-0.1, -0.05) is 26.2 Å². The molecular formula is C15H32N2. The largest absolute Gasteiger partial charge is 0.311 e. The van der Waals surface area contributed by atoms with E-state index in [1.807, 2.05) is 0 Å². The molecule has 1 N–H and O–H groups in total. The summed E-state index contributed by atoms with van der Waals surface area (Å²) in [4.78, 5) is 2.48. The molecule has 0 amide bonds. The molecule has 1 fully saturated rings. The molecule has 1 saturated carbocycles. The molecule has 1 rings (SSSR count). The van der Waals surface area contributed by atoms with E-state index in [1.165, 1.54) is 45.2 Å². The maximum Gasteiger partial charge on any atom is 0.00967 e. The van der Waals surface area contributed by atoms with Crippen LogP contribution in [0.25, 0.3) is 0 Å². The Bertz CT molecular complexity index is 211. The normalized spacial score (nSPS) is 20.8. The van der Waals surface area contributed by atoms with Gasteiger partial charge in [-0.25, -0.2) is 0 Å². The SMILES string of the molecule is CCN(C)CC1(CNC(C)(C)C)CCCCC1. The van der Waals surface area contributed by atoms with E-state index in [9.17, 15) is 0 Å². The van der Waals surface area contributed by atoms with Crippen LogP contribution in [0, 0.1) is 5.41 Å². The standard InChI is InChI=1S/C15H32N2/c1-6-17(5)13-15(10-8-7-9-11-15)12-16-14(2,3)4/h16H,6-13H2,1-5H3. The second kappa shape index (κ2) is 6.19. The quantitative estimate of drug-likeness (QED) is 0.793. The Labute approximate surface area is 108 Å². The minimum absolute atomic E-state index is 0.245. The summed E-state index contributed by atoms with van der Waals surface area (Å²) in [6, 6.07) is 0. The molecule has 0 unspecified atom stereocenters. The van der Waals surface area contributed by atoms with Crippen LogP contribution in [0.2, 0.25) is 0 Å². The lowest BCUT2D eigenvalue weighted by Gasteiger charge is -2.42. The Hall–Kier alpha value is -0.0800. The van der Waals surface area contributed by atoms with Gasteiger partial charge < -0.3 is 10.2 Å². The van der Waals surface area contributed by atoms with Crippen LogP contribution in [0.4, 0.5) is 0 Å². The van der Waals surface area contributed by atoms with E-state index in [0.717, 1.165) is 6.54 Å². The molecule has 0 bridgehead atoms. The summed E-state index contributed by atoms with van der Waals surface area (Å²) < 4.78 is 0. The van der Waals surface area contributed by atoms with Crippen molar-refractivity contribution in [2.24, 2.45) is 5.41 Å². The van der Waals surface area contributed by atoms with Crippen molar-refractivity contribution in [2.75, 3.05) is 26.7 Å². The predicted octanol–water partition coefficient (Wildman–Crippen LogP) is 3.28. The fourth-order valence-electron chi connectivity index (χ4n) is 2.83. The highest BCUT2D eigenvalue weighted by Crippen LogP contribution is 2.36. The van der Waals surface area contributed by atoms with Crippen LogP contribution < -0.4 is 5.32 Å². The molecule has 0 saturated heterocycles. The van der Waals surface area contributed by atoms with Crippen molar-refractivity contribution < 1.29 is 0 Å². The molecule has 0 radical (unpaired) electrons. The summed E-state index contributed by atoms with van der Waals surface area (Å²) in [5, 5.41) is 3.74. The lowest BCUT2D eigenvalue weighted by molar-refractivity contribution is 0.111. The molecule has 0 aromatic carbocycles. The van der Waals surface area contributed by atoms with Crippen molar-refractivity contribution in [3.05, 3.63) is 0 Å². The molecule has 0 spiro atoms. The van der Waals surface area contributed by atoms with Crippen LogP contribution in [0.3, 0.4) is 0 Å². The summed E-state index contributed by atoms with van der Waals surface area (Å²) in [6.45, 7) is 12.7. The third-order valence-corrected chi connectivity index (χ3v) is 4.05. The van der Waals surface area contributed by atoms with Crippen molar-refractivity contribution in [1.82, 2.24) is 10.2 Å². The Morgan fingerprint density at radius 1 is 1.12 bits per heavy atom. The van der Waals surface area contributed by atoms with Crippen LogP contribution in [0.5, 0.6) is 0 Å². The lowest BCUT2D eigenvalue weighted by Crippen LogP contribution is -2.49. The summed E-state index contributed by atoms with van der Waals surface area (Å²) in [5.41, 5.74) is 0.769. The molecule has 2 nitrogen and oxygen atoms in total. The Morgan fingerprint density at radius 2 is 1.71 bits per heavy atom. The predicted molar refractivity (Wildman–Crippen MR) is 76.4 cm³/mol. The van der Waals surface area contributed by atoms with E-state index in [4.69, 9.17) is 0 Å². The molecule has 0 aromatic rings. The zero-order valence-electron chi connectivity index (χ0n) is 12.6. The Kier molecular flexibility index (Phi) is 5.46. The first-order valence-corrected chi connectivity index (χ1v) is 7.30. The first kappa shape index (κ1) is 15.0. The first-order chi connectivity index (χ1) is 7.87. The van der Waals surface area contributed by atoms with Crippen LogP contribution in [0.1, 0.15) is 59.8 Å². The van der Waals surface area contributed by atoms with Crippen molar-refractivity contribution in [2.45, 2.75) is 65.3 Å². The third-order valence-electron chi connectivity index (χ3n) is 4.05. The number of nitrogens with one attached hydrogen (secondary N) is 1. The van der Waals surface area contributed by atoms with Gasteiger partial charge in [-0.3, -0.25) is 0 Å². The zero-order valence-corrected chi connectivity index (χ0v) is 12.6. The van der Waals surface area contributed by atoms with Crippen LogP contribution >= 0.6 is 0 Å². The highest BCUT2D eigenvalue weighted by atomic mass is 15.1. The average Bonchev–Trinajstić information content (AvgIpc) is 2.27. The second-order valence-corrected chi connectivity index (χ2v) is 6.99. The number of nitrogens with zero attached hydrogens (tertiary/aromatic N) is 1. The maximum absolute atomic E-state index is 3.74. The molecule has 1 aliphatic rings. The van der Waals surface area contributed by atoms with E-state index in [-0.39, 0.29) is 5.54 Å². The Balaban J connectivity index is 2.58. The number of rotatable bonds is 5. The van der Waals surface area contributed by atoms with E-state index in [0.29, 0.717) is 5.41 Å². The van der Waals surface area contributed by atoms with Gasteiger partial charge in [0.25, 0.3) is 0 Å². The fraction of sp³-hybridized carbons (Fsp3) is 1.00. The van der Waals surface area contributed by atoms with Crippen molar-refractivity contribution in [3.63, 3.8) is 0 Å². The van der Waals surface area contributed by atoms with Crippen molar-refractivity contribution >= 4 is 0 Å². The van der Waals surface area contributed by atoms with E-state index in [2.05, 4.69) is 45.0 Å². The second-order valence-electron chi connectivity index (χ2n) is 6.99. The minimum atomic E-state index is 0.245. The zero-order chi connectivity index (χ0) is 12.9. The molecule has 1 aliphatic carbocycles. The minimum Gasteiger partial charge on any atom is -0.311 e. The van der Waals surface area contributed by atoms with Crippen LogP contribution in [-0.4, -0.2) is 37.1 Å². The van der Waals surface area contributed by atoms with Gasteiger partial charge in [-0.15, -0.1) is 0 Å². The first-order valence-electron chi connectivity index (χ1n) is 7.30. The van der Waals surface area contributed by atoms with Gasteiger partial charge in [-0.2, -0.15) is 0 Å². The molecule has 2 heteroatoms. The van der Waals surface area contributed by atoms with Crippen LogP contribution in [0.15, 0.2) is 0 Å². The smallest absolute Gasteiger partial charge is 0.00967 e. The summed E-state index contributed by atoms with van der Waals surface area (Å²) in [7, 11) is 2.26. The summed E-state index contributed by atoms with van der Waals surface area (Å²) in [5.74, 6) is 0. The van der Waals surface area contributed by atoms with Gasteiger partial charge in [-0.05, 0) is 52.6 Å². The monoisotopic (exact) mass is 240 g/mol. The lowest BCUT2D eigenvalue weighted by atomic mass is 9.73. The molecule has 0 atom stereocenters. The van der Waals surface area contributed by atoms with Crippen molar-refractivity contribution in [1.29, 1.82) is 0 Å². The number of hydrogen-bond donors (Lipinski definition) is 1. The van der Waals surface area contributed by atoms with E-state index in [1.54, 1.807) is 0 Å². The van der Waals surface area contributed by atoms with E-state index < -0.39 is 0 Å².